The van der Waals surface area contributed by atoms with Crippen LogP contribution in [0.25, 0.3) is 32.6 Å². The minimum atomic E-state index is -0.747. The van der Waals surface area contributed by atoms with Gasteiger partial charge in [-0.3, -0.25) is 15.2 Å². The van der Waals surface area contributed by atoms with E-state index < -0.39 is 6.10 Å². The molecule has 1 fully saturated rings. The zero-order valence-electron chi connectivity index (χ0n) is 22.5. The van der Waals surface area contributed by atoms with Gasteiger partial charge in [0.1, 0.15) is 6.10 Å². The minimum Gasteiger partial charge on any atom is -0.385 e. The average molecular weight is 548 g/mol. The SMILES string of the molecule is CCNC(=O)Nc1nc2cc(-c3cnc(C(C)O)nc3)cc(-c3cc(CN4C[C@@H](C)O[C@@H](C)C4)ccn3)c2s1. The predicted molar refractivity (Wildman–Crippen MR) is 152 cm³/mol. The summed E-state index contributed by atoms with van der Waals surface area (Å²) in [6.07, 6.45) is 4.88. The summed E-state index contributed by atoms with van der Waals surface area (Å²) in [5, 5.41) is 15.9. The molecule has 3 atom stereocenters. The highest BCUT2D eigenvalue weighted by atomic mass is 32.1. The molecule has 204 valence electrons. The molecule has 1 aliphatic heterocycles. The maximum atomic E-state index is 12.2. The van der Waals surface area contributed by atoms with Gasteiger partial charge in [-0.15, -0.1) is 0 Å². The van der Waals surface area contributed by atoms with Crippen molar-refractivity contribution in [2.75, 3.05) is 25.0 Å². The molecule has 11 heteroatoms. The molecular formula is C28H33N7O3S. The molecule has 1 aromatic carbocycles. The van der Waals surface area contributed by atoms with Crippen LogP contribution < -0.4 is 10.6 Å². The van der Waals surface area contributed by atoms with Gasteiger partial charge in [-0.1, -0.05) is 11.3 Å². The summed E-state index contributed by atoms with van der Waals surface area (Å²) < 4.78 is 6.82. The Kier molecular flexibility index (Phi) is 8.12. The molecule has 5 rings (SSSR count). The zero-order valence-corrected chi connectivity index (χ0v) is 23.3. The van der Waals surface area contributed by atoms with Crippen LogP contribution in [-0.2, 0) is 11.3 Å². The second kappa shape index (κ2) is 11.7. The Bertz CT molecular complexity index is 1450. The largest absolute Gasteiger partial charge is 0.385 e. The van der Waals surface area contributed by atoms with Gasteiger partial charge in [-0.05, 0) is 63.1 Å². The van der Waals surface area contributed by atoms with Crippen molar-refractivity contribution in [3.63, 3.8) is 0 Å². The number of rotatable bonds is 7. The highest BCUT2D eigenvalue weighted by Crippen LogP contribution is 2.38. The Morgan fingerprint density at radius 3 is 2.59 bits per heavy atom. The first-order chi connectivity index (χ1) is 18.8. The Morgan fingerprint density at radius 2 is 1.90 bits per heavy atom. The van der Waals surface area contributed by atoms with Crippen LogP contribution in [0.15, 0.2) is 42.9 Å². The van der Waals surface area contributed by atoms with Crippen molar-refractivity contribution >= 4 is 32.7 Å². The topological polar surface area (TPSA) is 125 Å². The number of morpholine rings is 1. The molecule has 1 saturated heterocycles. The molecule has 1 unspecified atom stereocenters. The van der Waals surface area contributed by atoms with E-state index in [-0.39, 0.29) is 18.2 Å². The second-order valence-electron chi connectivity index (χ2n) is 9.88. The maximum Gasteiger partial charge on any atom is 0.321 e. The quantitative estimate of drug-likeness (QED) is 0.306. The minimum absolute atomic E-state index is 0.196. The third-order valence-corrected chi connectivity index (χ3v) is 7.45. The predicted octanol–water partition coefficient (Wildman–Crippen LogP) is 4.62. The number of fused-ring (bicyclic) bond motifs is 1. The number of urea groups is 1. The van der Waals surface area contributed by atoms with Gasteiger partial charge in [0.25, 0.3) is 0 Å². The van der Waals surface area contributed by atoms with Gasteiger partial charge in [-0.25, -0.2) is 19.7 Å². The number of hydrogen-bond acceptors (Lipinski definition) is 9. The van der Waals surface area contributed by atoms with Gasteiger partial charge in [0.2, 0.25) is 0 Å². The third-order valence-electron chi connectivity index (χ3n) is 6.43. The molecule has 4 heterocycles. The second-order valence-corrected chi connectivity index (χ2v) is 10.9. The van der Waals surface area contributed by atoms with E-state index in [1.54, 1.807) is 19.3 Å². The monoisotopic (exact) mass is 547 g/mol. The molecule has 3 aromatic heterocycles. The zero-order chi connectivity index (χ0) is 27.5. The third kappa shape index (κ3) is 6.39. The van der Waals surface area contributed by atoms with Crippen molar-refractivity contribution in [1.82, 2.24) is 30.2 Å². The van der Waals surface area contributed by atoms with Gasteiger partial charge < -0.3 is 15.2 Å². The van der Waals surface area contributed by atoms with Gasteiger partial charge >= 0.3 is 6.03 Å². The number of benzene rings is 1. The maximum absolute atomic E-state index is 12.2. The lowest BCUT2D eigenvalue weighted by molar-refractivity contribution is -0.0704. The lowest BCUT2D eigenvalue weighted by Crippen LogP contribution is -2.44. The summed E-state index contributed by atoms with van der Waals surface area (Å²) >= 11 is 1.41. The van der Waals surface area contributed by atoms with E-state index in [0.29, 0.717) is 17.5 Å². The number of carbonyl (C=O) groups is 1. The first-order valence-electron chi connectivity index (χ1n) is 13.1. The van der Waals surface area contributed by atoms with Gasteiger partial charge in [0.15, 0.2) is 11.0 Å². The van der Waals surface area contributed by atoms with E-state index in [4.69, 9.17) is 14.7 Å². The number of pyridine rings is 1. The van der Waals surface area contributed by atoms with Crippen LogP contribution in [0.5, 0.6) is 0 Å². The number of aliphatic hydroxyl groups is 1. The first-order valence-corrected chi connectivity index (χ1v) is 13.9. The van der Waals surface area contributed by atoms with E-state index in [1.165, 1.54) is 11.3 Å². The van der Waals surface area contributed by atoms with Crippen LogP contribution in [0, 0.1) is 0 Å². The molecule has 0 aliphatic carbocycles. The summed E-state index contributed by atoms with van der Waals surface area (Å²) in [7, 11) is 0. The fourth-order valence-electron chi connectivity index (χ4n) is 4.84. The van der Waals surface area contributed by atoms with Crippen LogP contribution in [-0.4, -0.2) is 67.8 Å². The summed E-state index contributed by atoms with van der Waals surface area (Å²) in [5.41, 5.74) is 5.29. The summed E-state index contributed by atoms with van der Waals surface area (Å²) in [6.45, 7) is 10.8. The summed E-state index contributed by atoms with van der Waals surface area (Å²) in [5.74, 6) is 0.364. The molecule has 4 aromatic rings. The lowest BCUT2D eigenvalue weighted by Gasteiger charge is -2.35. The Morgan fingerprint density at radius 1 is 1.15 bits per heavy atom. The standard InChI is InChI=1S/C28H33N7O3S/c1-5-29-27(37)34-28-33-24-10-20(21-11-31-26(18(4)36)32-12-21)9-22(25(24)39-28)23-8-19(6-7-30-23)15-35-13-16(2)38-17(3)14-35/h6-12,16-18,36H,5,13-15H2,1-4H3,(H2,29,33,34,37)/t16-,17+,18?. The molecule has 0 saturated carbocycles. The molecule has 3 N–H and O–H groups in total. The molecular weight excluding hydrogens is 514 g/mol. The van der Waals surface area contributed by atoms with E-state index in [0.717, 1.165) is 57.8 Å². The molecule has 39 heavy (non-hydrogen) atoms. The van der Waals surface area contributed by atoms with E-state index in [1.807, 2.05) is 25.3 Å². The fourth-order valence-corrected chi connectivity index (χ4v) is 5.80. The normalized spacial score (nSPS) is 18.7. The van der Waals surface area contributed by atoms with Crippen LogP contribution >= 0.6 is 11.3 Å². The summed E-state index contributed by atoms with van der Waals surface area (Å²) in [6, 6.07) is 7.89. The van der Waals surface area contributed by atoms with Gasteiger partial charge in [0.05, 0.1) is 28.1 Å². The van der Waals surface area contributed by atoms with Crippen molar-refractivity contribution in [1.29, 1.82) is 0 Å². The molecule has 1 aliphatic rings. The highest BCUT2D eigenvalue weighted by Gasteiger charge is 2.22. The van der Waals surface area contributed by atoms with Crippen molar-refractivity contribution < 1.29 is 14.6 Å². The van der Waals surface area contributed by atoms with Crippen molar-refractivity contribution in [3.8, 4) is 22.4 Å². The Labute approximate surface area is 231 Å². The highest BCUT2D eigenvalue weighted by molar-refractivity contribution is 7.22. The fraction of sp³-hybridized carbons (Fsp3) is 0.393. The van der Waals surface area contributed by atoms with Crippen LogP contribution in [0.3, 0.4) is 0 Å². The number of aliphatic hydroxyl groups excluding tert-OH is 1. The number of hydrogen-bond donors (Lipinski definition) is 3. The number of thiazole rings is 1. The van der Waals surface area contributed by atoms with E-state index >= 15 is 0 Å². The van der Waals surface area contributed by atoms with Crippen LogP contribution in [0.2, 0.25) is 0 Å². The lowest BCUT2D eigenvalue weighted by atomic mass is 10.0. The molecule has 10 nitrogen and oxygen atoms in total. The Balaban J connectivity index is 1.54. The van der Waals surface area contributed by atoms with Crippen LogP contribution in [0.4, 0.5) is 9.93 Å². The number of carbonyl (C=O) groups excluding carboxylic acids is 1. The Hall–Kier alpha value is -3.51. The van der Waals surface area contributed by atoms with E-state index in [9.17, 15) is 9.90 Å². The number of amides is 2. The number of nitrogens with zero attached hydrogens (tertiary/aromatic N) is 5. The molecule has 2 amide bonds. The smallest absolute Gasteiger partial charge is 0.321 e. The summed E-state index contributed by atoms with van der Waals surface area (Å²) in [4.78, 5) is 32.7. The molecule has 0 spiro atoms. The van der Waals surface area contributed by atoms with E-state index in [2.05, 4.69) is 51.5 Å². The molecule has 0 bridgehead atoms. The van der Waals surface area contributed by atoms with Crippen LogP contribution in [0.1, 0.15) is 45.2 Å². The number of nitrogens with one attached hydrogen (secondary N) is 2. The van der Waals surface area contributed by atoms with Gasteiger partial charge in [0, 0.05) is 55.9 Å². The average Bonchev–Trinajstić information content (AvgIpc) is 3.30. The number of aromatic nitrogens is 4. The van der Waals surface area contributed by atoms with Crippen molar-refractivity contribution in [2.24, 2.45) is 0 Å². The molecule has 0 radical (unpaired) electrons. The van der Waals surface area contributed by atoms with Gasteiger partial charge in [-0.2, -0.15) is 0 Å². The first kappa shape index (κ1) is 27.1. The van der Waals surface area contributed by atoms with Crippen molar-refractivity contribution in [3.05, 3.63) is 54.2 Å². The number of ether oxygens (including phenoxy) is 1. The van der Waals surface area contributed by atoms with Crippen molar-refractivity contribution in [2.45, 2.75) is 52.6 Å². The number of anilines is 1.